The molecular formula is C20H17FN4O2. The normalized spacial score (nSPS) is 15.3. The van der Waals surface area contributed by atoms with Crippen molar-refractivity contribution in [1.82, 2.24) is 9.78 Å². The Labute approximate surface area is 155 Å². The first-order valence-electron chi connectivity index (χ1n) is 8.52. The molecule has 1 aliphatic rings. The second-order valence-electron chi connectivity index (χ2n) is 6.48. The first-order valence-corrected chi connectivity index (χ1v) is 8.52. The summed E-state index contributed by atoms with van der Waals surface area (Å²) in [5, 5.41) is 9.79. The van der Waals surface area contributed by atoms with Crippen LogP contribution in [0.3, 0.4) is 0 Å². The number of carbonyl (C=O) groups is 2. The fraction of sp³-hybridized carbons (Fsp3) is 0.150. The van der Waals surface area contributed by atoms with Gasteiger partial charge in [0, 0.05) is 11.3 Å². The smallest absolute Gasteiger partial charge is 0.251 e. The van der Waals surface area contributed by atoms with Crippen molar-refractivity contribution >= 4 is 23.3 Å². The lowest BCUT2D eigenvalue weighted by Crippen LogP contribution is -2.23. The average molecular weight is 364 g/mol. The SMILES string of the molecule is Cc1ccc(-c2cnn3c2NC(=O)C3CC(=O)Nc2ccc(F)cc2)cc1. The van der Waals surface area contributed by atoms with Gasteiger partial charge in [0.2, 0.25) is 5.91 Å². The van der Waals surface area contributed by atoms with Crippen LogP contribution in [0, 0.1) is 12.7 Å². The van der Waals surface area contributed by atoms with Crippen LogP contribution in [-0.2, 0) is 9.59 Å². The van der Waals surface area contributed by atoms with Gasteiger partial charge in [-0.3, -0.25) is 9.59 Å². The topological polar surface area (TPSA) is 76.0 Å². The summed E-state index contributed by atoms with van der Waals surface area (Å²) in [6, 6.07) is 12.7. The molecule has 0 saturated heterocycles. The number of aromatic nitrogens is 2. The quantitative estimate of drug-likeness (QED) is 0.744. The van der Waals surface area contributed by atoms with Gasteiger partial charge < -0.3 is 10.6 Å². The van der Waals surface area contributed by atoms with Gasteiger partial charge in [-0.1, -0.05) is 29.8 Å². The number of aryl methyl sites for hydroxylation is 1. The van der Waals surface area contributed by atoms with Crippen LogP contribution in [0.4, 0.5) is 15.9 Å². The zero-order valence-corrected chi connectivity index (χ0v) is 14.6. The van der Waals surface area contributed by atoms with Gasteiger partial charge in [-0.15, -0.1) is 0 Å². The van der Waals surface area contributed by atoms with E-state index in [1.54, 1.807) is 10.9 Å². The van der Waals surface area contributed by atoms with Crippen molar-refractivity contribution < 1.29 is 14.0 Å². The van der Waals surface area contributed by atoms with Gasteiger partial charge in [-0.05, 0) is 36.8 Å². The van der Waals surface area contributed by atoms with E-state index in [9.17, 15) is 14.0 Å². The molecular weight excluding hydrogens is 347 g/mol. The molecule has 0 fully saturated rings. The standard InChI is InChI=1S/C20H17FN4O2/c1-12-2-4-13(5-3-12)16-11-22-25-17(20(27)24-19(16)25)10-18(26)23-15-8-6-14(21)7-9-15/h2-9,11,17H,10H2,1H3,(H,23,26)(H,24,27). The molecule has 2 heterocycles. The highest BCUT2D eigenvalue weighted by Gasteiger charge is 2.35. The summed E-state index contributed by atoms with van der Waals surface area (Å²) < 4.78 is 14.5. The number of anilines is 2. The van der Waals surface area contributed by atoms with E-state index in [1.807, 2.05) is 31.2 Å². The van der Waals surface area contributed by atoms with Gasteiger partial charge in [-0.25, -0.2) is 9.07 Å². The number of hydrogen-bond donors (Lipinski definition) is 2. The molecule has 2 aromatic carbocycles. The van der Waals surface area contributed by atoms with E-state index in [-0.39, 0.29) is 24.1 Å². The van der Waals surface area contributed by atoms with Crippen LogP contribution in [0.5, 0.6) is 0 Å². The first kappa shape index (κ1) is 17.0. The van der Waals surface area contributed by atoms with Crippen LogP contribution in [0.15, 0.2) is 54.7 Å². The molecule has 6 nitrogen and oxygen atoms in total. The summed E-state index contributed by atoms with van der Waals surface area (Å²) >= 11 is 0. The lowest BCUT2D eigenvalue weighted by molar-refractivity contribution is -0.123. The van der Waals surface area contributed by atoms with Crippen LogP contribution in [0.2, 0.25) is 0 Å². The van der Waals surface area contributed by atoms with Crippen LogP contribution < -0.4 is 10.6 Å². The molecule has 0 radical (unpaired) electrons. The van der Waals surface area contributed by atoms with E-state index in [1.165, 1.54) is 24.3 Å². The largest absolute Gasteiger partial charge is 0.326 e. The number of nitrogens with one attached hydrogen (secondary N) is 2. The number of nitrogens with zero attached hydrogens (tertiary/aromatic N) is 2. The van der Waals surface area contributed by atoms with Gasteiger partial charge in [0.05, 0.1) is 12.6 Å². The van der Waals surface area contributed by atoms with Gasteiger partial charge in [0.15, 0.2) is 0 Å². The maximum atomic E-state index is 13.0. The molecule has 0 aliphatic carbocycles. The predicted molar refractivity (Wildman–Crippen MR) is 99.7 cm³/mol. The number of halogens is 1. The fourth-order valence-electron chi connectivity index (χ4n) is 3.08. The Kier molecular flexibility index (Phi) is 4.19. The molecule has 7 heteroatoms. The number of rotatable bonds is 4. The zero-order chi connectivity index (χ0) is 19.0. The highest BCUT2D eigenvalue weighted by molar-refractivity contribution is 6.04. The Balaban J connectivity index is 1.52. The minimum absolute atomic E-state index is 0.0643. The Morgan fingerprint density at radius 1 is 1.19 bits per heavy atom. The van der Waals surface area contributed by atoms with E-state index in [0.717, 1.165) is 16.7 Å². The third-order valence-electron chi connectivity index (χ3n) is 4.50. The summed E-state index contributed by atoms with van der Waals surface area (Å²) in [7, 11) is 0. The summed E-state index contributed by atoms with van der Waals surface area (Å²) in [6.07, 6.45) is 1.62. The molecule has 1 aliphatic heterocycles. The second-order valence-corrected chi connectivity index (χ2v) is 6.48. The maximum Gasteiger partial charge on any atom is 0.251 e. The molecule has 1 aromatic heterocycles. The Hall–Kier alpha value is -3.48. The summed E-state index contributed by atoms with van der Waals surface area (Å²) in [5.41, 5.74) is 3.37. The Morgan fingerprint density at radius 2 is 1.89 bits per heavy atom. The van der Waals surface area contributed by atoms with E-state index in [0.29, 0.717) is 11.5 Å². The zero-order valence-electron chi connectivity index (χ0n) is 14.6. The van der Waals surface area contributed by atoms with Gasteiger partial charge in [0.25, 0.3) is 5.91 Å². The Bertz CT molecular complexity index is 1010. The Morgan fingerprint density at radius 3 is 2.59 bits per heavy atom. The van der Waals surface area contributed by atoms with Gasteiger partial charge >= 0.3 is 0 Å². The molecule has 4 rings (SSSR count). The van der Waals surface area contributed by atoms with Gasteiger partial charge in [0.1, 0.15) is 17.7 Å². The predicted octanol–water partition coefficient (Wildman–Crippen LogP) is 3.52. The lowest BCUT2D eigenvalue weighted by Gasteiger charge is -2.09. The van der Waals surface area contributed by atoms with Crippen molar-refractivity contribution in [3.05, 3.63) is 66.1 Å². The first-order chi connectivity index (χ1) is 13.0. The summed E-state index contributed by atoms with van der Waals surface area (Å²) in [4.78, 5) is 24.7. The van der Waals surface area contributed by atoms with Crippen LogP contribution in [0.1, 0.15) is 18.0 Å². The summed E-state index contributed by atoms with van der Waals surface area (Å²) in [6.45, 7) is 2.00. The van der Waals surface area contributed by atoms with Crippen LogP contribution >= 0.6 is 0 Å². The van der Waals surface area contributed by atoms with E-state index in [2.05, 4.69) is 15.7 Å². The van der Waals surface area contributed by atoms with Crippen molar-refractivity contribution in [2.24, 2.45) is 0 Å². The fourth-order valence-corrected chi connectivity index (χ4v) is 3.08. The number of amides is 2. The highest BCUT2D eigenvalue weighted by Crippen LogP contribution is 2.35. The maximum absolute atomic E-state index is 13.0. The molecule has 27 heavy (non-hydrogen) atoms. The minimum Gasteiger partial charge on any atom is -0.326 e. The highest BCUT2D eigenvalue weighted by atomic mass is 19.1. The minimum atomic E-state index is -0.723. The van der Waals surface area contributed by atoms with Gasteiger partial charge in [-0.2, -0.15) is 5.10 Å². The molecule has 2 N–H and O–H groups in total. The molecule has 0 saturated carbocycles. The third kappa shape index (κ3) is 3.31. The summed E-state index contributed by atoms with van der Waals surface area (Å²) in [5.74, 6) is -0.417. The van der Waals surface area contributed by atoms with Crippen molar-refractivity contribution in [2.45, 2.75) is 19.4 Å². The van der Waals surface area contributed by atoms with Crippen molar-refractivity contribution in [2.75, 3.05) is 10.6 Å². The van der Waals surface area contributed by atoms with E-state index < -0.39 is 6.04 Å². The molecule has 2 amide bonds. The molecule has 3 aromatic rings. The van der Waals surface area contributed by atoms with Crippen LogP contribution in [-0.4, -0.2) is 21.6 Å². The molecule has 1 atom stereocenters. The van der Waals surface area contributed by atoms with Crippen molar-refractivity contribution in [3.8, 4) is 11.1 Å². The molecule has 1 unspecified atom stereocenters. The van der Waals surface area contributed by atoms with Crippen molar-refractivity contribution in [3.63, 3.8) is 0 Å². The third-order valence-corrected chi connectivity index (χ3v) is 4.50. The van der Waals surface area contributed by atoms with E-state index >= 15 is 0 Å². The van der Waals surface area contributed by atoms with Crippen molar-refractivity contribution in [1.29, 1.82) is 0 Å². The average Bonchev–Trinajstić information content (AvgIpc) is 3.18. The number of benzene rings is 2. The van der Waals surface area contributed by atoms with Crippen LogP contribution in [0.25, 0.3) is 11.1 Å². The van der Waals surface area contributed by atoms with E-state index in [4.69, 9.17) is 0 Å². The number of hydrogen-bond acceptors (Lipinski definition) is 3. The molecule has 0 bridgehead atoms. The number of fused-ring (bicyclic) bond motifs is 1. The molecule has 136 valence electrons. The lowest BCUT2D eigenvalue weighted by atomic mass is 10.1. The molecule has 0 spiro atoms. The number of carbonyl (C=O) groups excluding carboxylic acids is 2. The second kappa shape index (κ2) is 6.68. The monoisotopic (exact) mass is 364 g/mol.